The molecule has 0 aliphatic carbocycles. The van der Waals surface area contributed by atoms with Gasteiger partial charge in [0.2, 0.25) is 0 Å². The van der Waals surface area contributed by atoms with Crippen molar-refractivity contribution in [3.63, 3.8) is 0 Å². The van der Waals surface area contributed by atoms with Gasteiger partial charge in [0, 0.05) is 22.9 Å². The summed E-state index contributed by atoms with van der Waals surface area (Å²) in [5.74, 6) is 2.02. The van der Waals surface area contributed by atoms with E-state index < -0.39 is 0 Å². The maximum atomic E-state index is 12.3. The molecule has 0 saturated heterocycles. The molecule has 0 fully saturated rings. The first-order chi connectivity index (χ1) is 16.7. The topological polar surface area (TPSA) is 74.1 Å². The lowest BCUT2D eigenvalue weighted by molar-refractivity contribution is 0.535. The van der Waals surface area contributed by atoms with E-state index in [0.717, 1.165) is 43.9 Å². The third-order valence-electron chi connectivity index (χ3n) is 5.82. The molecule has 7 heteroatoms. The van der Waals surface area contributed by atoms with Crippen LogP contribution in [-0.2, 0) is 5.75 Å². The Morgan fingerprint density at radius 3 is 2.59 bits per heavy atom. The quantitative estimate of drug-likeness (QED) is 0.167. The van der Waals surface area contributed by atoms with Gasteiger partial charge in [-0.15, -0.1) is 10.2 Å². The zero-order chi connectivity index (χ0) is 23.1. The summed E-state index contributed by atoms with van der Waals surface area (Å²) >= 11 is 1.53. The molecule has 3 heterocycles. The fourth-order valence-electron chi connectivity index (χ4n) is 4.24. The third kappa shape index (κ3) is 3.50. The van der Waals surface area contributed by atoms with Crippen molar-refractivity contribution in [2.75, 3.05) is 0 Å². The second-order valence-electron chi connectivity index (χ2n) is 7.91. The van der Waals surface area contributed by atoms with Crippen LogP contribution in [0.5, 0.6) is 0 Å². The second-order valence-corrected chi connectivity index (χ2v) is 8.85. The summed E-state index contributed by atoms with van der Waals surface area (Å²) in [7, 11) is 0. The maximum Gasteiger partial charge on any atom is 0.336 e. The van der Waals surface area contributed by atoms with Crippen LogP contribution in [0.3, 0.4) is 0 Å². The number of para-hydroxylation sites is 1. The highest BCUT2D eigenvalue weighted by molar-refractivity contribution is 7.98. The molecule has 0 bridgehead atoms. The first-order valence-corrected chi connectivity index (χ1v) is 11.8. The van der Waals surface area contributed by atoms with Gasteiger partial charge in [0.05, 0.1) is 11.8 Å². The molecule has 6 nitrogen and oxygen atoms in total. The Bertz CT molecular complexity index is 1700. The zero-order valence-corrected chi connectivity index (χ0v) is 19.1. The zero-order valence-electron chi connectivity index (χ0n) is 18.3. The Hall–Kier alpha value is -4.10. The molecule has 0 N–H and O–H groups in total. The number of hydrogen-bond acceptors (Lipinski definition) is 6. The van der Waals surface area contributed by atoms with Crippen molar-refractivity contribution in [2.24, 2.45) is 0 Å². The lowest BCUT2D eigenvalue weighted by atomic mass is 10.0. The number of rotatable bonds is 5. The summed E-state index contributed by atoms with van der Waals surface area (Å²) in [6, 6.07) is 25.4. The van der Waals surface area contributed by atoms with Crippen molar-refractivity contribution >= 4 is 33.5 Å². The van der Waals surface area contributed by atoms with E-state index in [9.17, 15) is 4.79 Å². The Morgan fingerprint density at radius 1 is 0.941 bits per heavy atom. The molecule has 0 amide bonds. The minimum atomic E-state index is -0.363. The molecule has 0 unspecified atom stereocenters. The first kappa shape index (κ1) is 20.5. The highest BCUT2D eigenvalue weighted by Gasteiger charge is 2.20. The average molecular weight is 466 g/mol. The van der Waals surface area contributed by atoms with Gasteiger partial charge in [-0.05, 0) is 47.5 Å². The van der Waals surface area contributed by atoms with E-state index in [0.29, 0.717) is 17.2 Å². The molecule has 34 heavy (non-hydrogen) atoms. The van der Waals surface area contributed by atoms with E-state index in [4.69, 9.17) is 8.83 Å². The van der Waals surface area contributed by atoms with E-state index in [2.05, 4.69) is 22.3 Å². The minimum Gasteiger partial charge on any atom is -0.469 e. The molecule has 0 radical (unpaired) electrons. The highest BCUT2D eigenvalue weighted by Crippen LogP contribution is 2.34. The number of aryl methyl sites for hydroxylation is 1. The van der Waals surface area contributed by atoms with E-state index in [1.165, 1.54) is 11.8 Å². The number of fused-ring (bicyclic) bond motifs is 3. The Morgan fingerprint density at radius 2 is 1.76 bits per heavy atom. The summed E-state index contributed by atoms with van der Waals surface area (Å²) < 4.78 is 13.1. The Kier molecular flexibility index (Phi) is 5.04. The normalized spacial score (nSPS) is 11.4. The van der Waals surface area contributed by atoms with Crippen LogP contribution in [0.1, 0.15) is 11.3 Å². The first-order valence-electron chi connectivity index (χ1n) is 10.8. The Balaban J connectivity index is 1.47. The van der Waals surface area contributed by atoms with Crippen LogP contribution in [-0.4, -0.2) is 14.8 Å². The fraction of sp³-hybridized carbons (Fsp3) is 0.0741. The van der Waals surface area contributed by atoms with Crippen molar-refractivity contribution in [3.8, 4) is 17.1 Å². The minimum absolute atomic E-state index is 0.363. The molecule has 0 spiro atoms. The van der Waals surface area contributed by atoms with Gasteiger partial charge in [-0.3, -0.25) is 4.57 Å². The second kappa shape index (κ2) is 8.35. The standard InChI is InChI=1S/C27H19N3O3S/c1-17-21(13-14-32-17)26-28-29-27(30(26)20-8-3-2-4-9-20)34-16-19-15-24(31)33-23-12-11-18-7-5-6-10-22(18)25(19)23/h2-15H,16H2,1H3. The fourth-order valence-corrected chi connectivity index (χ4v) is 5.17. The summed E-state index contributed by atoms with van der Waals surface area (Å²) in [6.07, 6.45) is 1.65. The largest absolute Gasteiger partial charge is 0.469 e. The summed E-state index contributed by atoms with van der Waals surface area (Å²) in [4.78, 5) is 12.3. The molecule has 6 rings (SSSR count). The van der Waals surface area contributed by atoms with Gasteiger partial charge in [0.1, 0.15) is 11.3 Å². The average Bonchev–Trinajstić information content (AvgIpc) is 3.48. The number of aromatic nitrogens is 3. The third-order valence-corrected chi connectivity index (χ3v) is 6.80. The van der Waals surface area contributed by atoms with Gasteiger partial charge in [-0.1, -0.05) is 60.3 Å². The monoisotopic (exact) mass is 465 g/mol. The number of nitrogens with zero attached hydrogens (tertiary/aromatic N) is 3. The molecule has 0 saturated carbocycles. The van der Waals surface area contributed by atoms with Gasteiger partial charge in [0.15, 0.2) is 11.0 Å². The molecule has 0 aliphatic heterocycles. The molecular formula is C27H19N3O3S. The van der Waals surface area contributed by atoms with E-state index >= 15 is 0 Å². The predicted octanol–water partition coefficient (Wildman–Crippen LogP) is 6.39. The van der Waals surface area contributed by atoms with Crippen LogP contribution in [0.4, 0.5) is 0 Å². The van der Waals surface area contributed by atoms with Crippen LogP contribution in [0.25, 0.3) is 38.8 Å². The van der Waals surface area contributed by atoms with Crippen LogP contribution < -0.4 is 5.63 Å². The molecule has 3 aromatic heterocycles. The van der Waals surface area contributed by atoms with Gasteiger partial charge < -0.3 is 8.83 Å². The Labute approximate surface area is 198 Å². The number of furan rings is 1. The van der Waals surface area contributed by atoms with Crippen LogP contribution >= 0.6 is 11.8 Å². The lowest BCUT2D eigenvalue weighted by Gasteiger charge is -2.11. The molecular weight excluding hydrogens is 446 g/mol. The molecule has 6 aromatic rings. The van der Waals surface area contributed by atoms with Crippen molar-refractivity contribution in [2.45, 2.75) is 17.8 Å². The van der Waals surface area contributed by atoms with E-state index in [1.54, 1.807) is 12.3 Å². The molecule has 166 valence electrons. The van der Waals surface area contributed by atoms with Gasteiger partial charge in [-0.2, -0.15) is 0 Å². The van der Waals surface area contributed by atoms with E-state index in [-0.39, 0.29) is 5.63 Å². The summed E-state index contributed by atoms with van der Waals surface area (Å²) in [5, 5.41) is 12.8. The van der Waals surface area contributed by atoms with Gasteiger partial charge >= 0.3 is 5.63 Å². The van der Waals surface area contributed by atoms with Crippen molar-refractivity contribution < 1.29 is 8.83 Å². The summed E-state index contributed by atoms with van der Waals surface area (Å²) in [6.45, 7) is 1.91. The number of benzene rings is 3. The molecule has 0 aliphatic rings. The van der Waals surface area contributed by atoms with Gasteiger partial charge in [0.25, 0.3) is 0 Å². The van der Waals surface area contributed by atoms with E-state index in [1.807, 2.05) is 72.2 Å². The predicted molar refractivity (Wildman–Crippen MR) is 133 cm³/mol. The number of thioether (sulfide) groups is 1. The summed E-state index contributed by atoms with van der Waals surface area (Å²) in [5.41, 5.74) is 2.96. The van der Waals surface area contributed by atoms with Gasteiger partial charge in [-0.25, -0.2) is 4.79 Å². The van der Waals surface area contributed by atoms with Crippen molar-refractivity contribution in [1.82, 2.24) is 14.8 Å². The van der Waals surface area contributed by atoms with Crippen LogP contribution in [0.2, 0.25) is 0 Å². The van der Waals surface area contributed by atoms with Crippen LogP contribution in [0.15, 0.2) is 104 Å². The lowest BCUT2D eigenvalue weighted by Crippen LogP contribution is -2.02. The van der Waals surface area contributed by atoms with Crippen molar-refractivity contribution in [1.29, 1.82) is 0 Å². The highest BCUT2D eigenvalue weighted by atomic mass is 32.2. The molecule has 3 aromatic carbocycles. The van der Waals surface area contributed by atoms with Crippen LogP contribution in [0, 0.1) is 6.92 Å². The smallest absolute Gasteiger partial charge is 0.336 e. The SMILES string of the molecule is Cc1occc1-c1nnc(SCc2cc(=O)oc3ccc4ccccc4c23)n1-c1ccccc1. The molecule has 0 atom stereocenters. The van der Waals surface area contributed by atoms with Crippen molar-refractivity contribution in [3.05, 3.63) is 107 Å². The number of hydrogen-bond donors (Lipinski definition) is 0. The maximum absolute atomic E-state index is 12.3.